The molecular weight excluding hydrogens is 240 g/mol. The monoisotopic (exact) mass is 256 g/mol. The molecule has 1 aliphatic rings. The topological polar surface area (TPSA) is 17.1 Å². The van der Waals surface area contributed by atoms with Gasteiger partial charge in [-0.3, -0.25) is 4.79 Å². The summed E-state index contributed by atoms with van der Waals surface area (Å²) in [6.45, 7) is 2.22. The normalized spacial score (nSPS) is 25.6. The Morgan fingerprint density at radius 2 is 2.31 bits per heavy atom. The summed E-state index contributed by atoms with van der Waals surface area (Å²) >= 11 is 7.28. The van der Waals surface area contributed by atoms with Crippen LogP contribution in [-0.2, 0) is 0 Å². The molecule has 0 spiro atoms. The molecule has 16 heavy (non-hydrogen) atoms. The second kappa shape index (κ2) is 5.33. The Balaban J connectivity index is 2.04. The van der Waals surface area contributed by atoms with Crippen molar-refractivity contribution in [3.05, 3.63) is 21.3 Å². The Morgan fingerprint density at radius 3 is 2.94 bits per heavy atom. The van der Waals surface area contributed by atoms with E-state index in [0.29, 0.717) is 10.1 Å². The van der Waals surface area contributed by atoms with Gasteiger partial charge in [0.05, 0.1) is 9.21 Å². The van der Waals surface area contributed by atoms with Gasteiger partial charge < -0.3 is 0 Å². The fraction of sp³-hybridized carbons (Fsp3) is 0.615. The van der Waals surface area contributed by atoms with E-state index in [1.165, 1.54) is 30.6 Å². The van der Waals surface area contributed by atoms with Gasteiger partial charge >= 0.3 is 0 Å². The molecule has 1 aromatic rings. The highest BCUT2D eigenvalue weighted by atomic mass is 35.5. The molecule has 1 fully saturated rings. The molecule has 2 atom stereocenters. The largest absolute Gasteiger partial charge is 0.293 e. The van der Waals surface area contributed by atoms with E-state index in [-0.39, 0.29) is 5.92 Å². The van der Waals surface area contributed by atoms with Gasteiger partial charge in [0.15, 0.2) is 5.78 Å². The van der Waals surface area contributed by atoms with Crippen LogP contribution in [0.3, 0.4) is 0 Å². The van der Waals surface area contributed by atoms with Crippen molar-refractivity contribution in [1.29, 1.82) is 0 Å². The number of Topliss-reactive ketones (excluding diaryl/α,β-unsaturated/α-hetero) is 1. The minimum absolute atomic E-state index is 0.244. The average molecular weight is 257 g/mol. The SMILES string of the molecule is CCC1CCCC(C(=O)c2ccc(Cl)s2)C1. The van der Waals surface area contributed by atoms with Crippen LogP contribution in [0.2, 0.25) is 4.34 Å². The molecule has 0 bridgehead atoms. The van der Waals surface area contributed by atoms with Crippen molar-refractivity contribution in [2.75, 3.05) is 0 Å². The first kappa shape index (κ1) is 12.1. The highest BCUT2D eigenvalue weighted by Crippen LogP contribution is 2.34. The minimum atomic E-state index is 0.244. The first-order chi connectivity index (χ1) is 7.70. The van der Waals surface area contributed by atoms with Crippen LogP contribution in [0.25, 0.3) is 0 Å². The fourth-order valence-corrected chi connectivity index (χ4v) is 3.61. The lowest BCUT2D eigenvalue weighted by Gasteiger charge is -2.27. The molecule has 2 unspecified atom stereocenters. The third-order valence-corrected chi connectivity index (χ3v) is 4.79. The third-order valence-electron chi connectivity index (χ3n) is 3.55. The summed E-state index contributed by atoms with van der Waals surface area (Å²) in [4.78, 5) is 13.1. The van der Waals surface area contributed by atoms with E-state index in [9.17, 15) is 4.79 Å². The van der Waals surface area contributed by atoms with Gasteiger partial charge in [0.1, 0.15) is 0 Å². The summed E-state index contributed by atoms with van der Waals surface area (Å²) in [5, 5.41) is 0. The van der Waals surface area contributed by atoms with Crippen molar-refractivity contribution in [3.8, 4) is 0 Å². The number of hydrogen-bond acceptors (Lipinski definition) is 2. The summed E-state index contributed by atoms with van der Waals surface area (Å²) in [6.07, 6.45) is 5.84. The van der Waals surface area contributed by atoms with E-state index in [0.717, 1.165) is 23.6 Å². The Labute approximate surface area is 106 Å². The molecular formula is C13H17ClOS. The van der Waals surface area contributed by atoms with E-state index in [1.807, 2.05) is 12.1 Å². The molecule has 1 heterocycles. The molecule has 3 heteroatoms. The molecule has 0 aromatic carbocycles. The predicted molar refractivity (Wildman–Crippen MR) is 69.4 cm³/mol. The lowest BCUT2D eigenvalue weighted by Crippen LogP contribution is -2.22. The maximum atomic E-state index is 12.2. The Bertz CT molecular complexity index is 372. The van der Waals surface area contributed by atoms with Crippen LogP contribution in [0.1, 0.15) is 48.7 Å². The number of carbonyl (C=O) groups excluding carboxylic acids is 1. The lowest BCUT2D eigenvalue weighted by atomic mass is 9.78. The number of halogens is 1. The summed E-state index contributed by atoms with van der Waals surface area (Å²) < 4.78 is 0.714. The first-order valence-corrected chi connectivity index (χ1v) is 7.19. The predicted octanol–water partition coefficient (Wildman–Crippen LogP) is 4.80. The molecule has 1 saturated carbocycles. The van der Waals surface area contributed by atoms with E-state index >= 15 is 0 Å². The van der Waals surface area contributed by atoms with Crippen LogP contribution in [0.5, 0.6) is 0 Å². The third kappa shape index (κ3) is 2.67. The van der Waals surface area contributed by atoms with Crippen molar-refractivity contribution in [3.63, 3.8) is 0 Å². The smallest absolute Gasteiger partial charge is 0.175 e. The maximum Gasteiger partial charge on any atom is 0.175 e. The standard InChI is InChI=1S/C13H17ClOS/c1-2-9-4-3-5-10(8-9)13(15)11-6-7-12(14)16-11/h6-7,9-10H,2-5,8H2,1H3. The Morgan fingerprint density at radius 1 is 1.50 bits per heavy atom. The summed E-state index contributed by atoms with van der Waals surface area (Å²) in [7, 11) is 0. The van der Waals surface area contributed by atoms with Gasteiger partial charge in [-0.2, -0.15) is 0 Å². The molecule has 0 N–H and O–H groups in total. The molecule has 1 aliphatic carbocycles. The summed E-state index contributed by atoms with van der Waals surface area (Å²) in [5.74, 6) is 1.31. The van der Waals surface area contributed by atoms with Gasteiger partial charge in [0.25, 0.3) is 0 Å². The summed E-state index contributed by atoms with van der Waals surface area (Å²) in [6, 6.07) is 3.68. The van der Waals surface area contributed by atoms with Crippen molar-refractivity contribution >= 4 is 28.7 Å². The zero-order valence-corrected chi connectivity index (χ0v) is 11.1. The van der Waals surface area contributed by atoms with E-state index in [1.54, 1.807) is 0 Å². The van der Waals surface area contributed by atoms with Gasteiger partial charge in [-0.25, -0.2) is 0 Å². The lowest BCUT2D eigenvalue weighted by molar-refractivity contribution is 0.0866. The molecule has 0 saturated heterocycles. The first-order valence-electron chi connectivity index (χ1n) is 6.00. The minimum Gasteiger partial charge on any atom is -0.293 e. The van der Waals surface area contributed by atoms with Crippen LogP contribution in [0.4, 0.5) is 0 Å². The highest BCUT2D eigenvalue weighted by Gasteiger charge is 2.27. The van der Waals surface area contributed by atoms with Crippen LogP contribution in [0, 0.1) is 11.8 Å². The van der Waals surface area contributed by atoms with Crippen molar-refractivity contribution in [1.82, 2.24) is 0 Å². The number of ketones is 1. The van der Waals surface area contributed by atoms with Crippen molar-refractivity contribution in [2.24, 2.45) is 11.8 Å². The number of hydrogen-bond donors (Lipinski definition) is 0. The zero-order chi connectivity index (χ0) is 11.5. The molecule has 0 aliphatic heterocycles. The number of rotatable bonds is 3. The fourth-order valence-electron chi connectivity index (χ4n) is 2.55. The van der Waals surface area contributed by atoms with Crippen molar-refractivity contribution < 1.29 is 4.79 Å². The average Bonchev–Trinajstić information content (AvgIpc) is 2.75. The summed E-state index contributed by atoms with van der Waals surface area (Å²) in [5.41, 5.74) is 0. The van der Waals surface area contributed by atoms with Gasteiger partial charge in [-0.1, -0.05) is 37.8 Å². The van der Waals surface area contributed by atoms with Gasteiger partial charge in [0, 0.05) is 5.92 Å². The Hall–Kier alpha value is -0.340. The molecule has 2 rings (SSSR count). The van der Waals surface area contributed by atoms with E-state index in [2.05, 4.69) is 6.92 Å². The van der Waals surface area contributed by atoms with Gasteiger partial charge in [-0.05, 0) is 30.9 Å². The second-order valence-electron chi connectivity index (χ2n) is 4.61. The molecule has 0 amide bonds. The number of thiophene rings is 1. The molecule has 1 nitrogen and oxygen atoms in total. The van der Waals surface area contributed by atoms with Crippen LogP contribution in [0.15, 0.2) is 12.1 Å². The molecule has 88 valence electrons. The van der Waals surface area contributed by atoms with Crippen LogP contribution < -0.4 is 0 Å². The zero-order valence-electron chi connectivity index (χ0n) is 9.54. The molecule has 0 radical (unpaired) electrons. The van der Waals surface area contributed by atoms with Crippen LogP contribution in [-0.4, -0.2) is 5.78 Å². The van der Waals surface area contributed by atoms with Gasteiger partial charge in [0.2, 0.25) is 0 Å². The Kier molecular flexibility index (Phi) is 4.04. The van der Waals surface area contributed by atoms with Gasteiger partial charge in [-0.15, -0.1) is 11.3 Å². The second-order valence-corrected chi connectivity index (χ2v) is 6.32. The van der Waals surface area contributed by atoms with Crippen molar-refractivity contribution in [2.45, 2.75) is 39.0 Å². The highest BCUT2D eigenvalue weighted by molar-refractivity contribution is 7.18. The van der Waals surface area contributed by atoms with E-state index in [4.69, 9.17) is 11.6 Å². The quantitative estimate of drug-likeness (QED) is 0.710. The maximum absolute atomic E-state index is 12.2. The van der Waals surface area contributed by atoms with E-state index < -0.39 is 0 Å². The number of carbonyl (C=O) groups is 1. The molecule has 1 aromatic heterocycles. The van der Waals surface area contributed by atoms with Crippen LogP contribution >= 0.6 is 22.9 Å².